The van der Waals surface area contributed by atoms with E-state index < -0.39 is 35.6 Å². The van der Waals surface area contributed by atoms with Gasteiger partial charge in [0.2, 0.25) is 0 Å². The molecule has 0 amide bonds. The number of carbonyl (C=O) groups is 2. The number of aliphatic hydroxyl groups is 1. The maximum atomic E-state index is 12.7. The smallest absolute Gasteiger partial charge is 0.416 e. The number of benzene rings is 1. The summed E-state index contributed by atoms with van der Waals surface area (Å²) in [5, 5.41) is 10.2. The number of carbonyl (C=O) groups excluding carboxylic acids is 2. The second-order valence-electron chi connectivity index (χ2n) is 6.64. The van der Waals surface area contributed by atoms with Gasteiger partial charge in [-0.15, -0.1) is 0 Å². The molecule has 5 nitrogen and oxygen atoms in total. The fourth-order valence-corrected chi connectivity index (χ4v) is 3.37. The average molecular weight is 400 g/mol. The number of halogens is 3. The highest BCUT2D eigenvalue weighted by molar-refractivity contribution is 5.85. The van der Waals surface area contributed by atoms with E-state index in [1.54, 1.807) is 6.08 Å². The van der Waals surface area contributed by atoms with Crippen LogP contribution in [0.15, 0.2) is 36.1 Å². The molecule has 1 aliphatic carbocycles. The maximum absolute atomic E-state index is 12.7. The van der Waals surface area contributed by atoms with E-state index in [1.165, 1.54) is 19.1 Å². The van der Waals surface area contributed by atoms with Crippen LogP contribution in [0.1, 0.15) is 38.7 Å². The van der Waals surface area contributed by atoms with Gasteiger partial charge in [0.05, 0.1) is 24.2 Å². The van der Waals surface area contributed by atoms with E-state index in [0.717, 1.165) is 12.1 Å². The van der Waals surface area contributed by atoms with E-state index in [2.05, 4.69) is 0 Å². The van der Waals surface area contributed by atoms with Gasteiger partial charge in [0.25, 0.3) is 0 Å². The minimum Gasteiger partial charge on any atom is -0.493 e. The van der Waals surface area contributed by atoms with Crippen molar-refractivity contribution in [2.24, 2.45) is 11.8 Å². The van der Waals surface area contributed by atoms with Crippen LogP contribution in [0.5, 0.6) is 5.75 Å². The summed E-state index contributed by atoms with van der Waals surface area (Å²) < 4.78 is 48.7. The molecule has 0 heterocycles. The van der Waals surface area contributed by atoms with E-state index in [1.807, 2.05) is 6.92 Å². The first kappa shape index (κ1) is 21.9. The summed E-state index contributed by atoms with van der Waals surface area (Å²) in [6.07, 6.45) is -3.12. The normalized spacial score (nSPS) is 23.0. The van der Waals surface area contributed by atoms with E-state index >= 15 is 0 Å². The van der Waals surface area contributed by atoms with E-state index in [4.69, 9.17) is 9.47 Å². The van der Waals surface area contributed by atoms with Crippen molar-refractivity contribution in [3.63, 3.8) is 0 Å². The first-order valence-corrected chi connectivity index (χ1v) is 9.02. The highest BCUT2D eigenvalue weighted by Gasteiger charge is 2.43. The molecule has 154 valence electrons. The van der Waals surface area contributed by atoms with E-state index in [0.29, 0.717) is 6.42 Å². The predicted molar refractivity (Wildman–Crippen MR) is 94.3 cm³/mol. The number of esters is 1. The third-order valence-electron chi connectivity index (χ3n) is 4.60. The van der Waals surface area contributed by atoms with Crippen LogP contribution in [0.25, 0.3) is 0 Å². The van der Waals surface area contributed by atoms with Crippen molar-refractivity contribution < 1.29 is 37.3 Å². The summed E-state index contributed by atoms with van der Waals surface area (Å²) in [4.78, 5) is 23.4. The Labute approximate surface area is 161 Å². The first-order valence-electron chi connectivity index (χ1n) is 9.02. The molecule has 0 aromatic heterocycles. The number of rotatable bonds is 7. The van der Waals surface area contributed by atoms with Gasteiger partial charge in [-0.1, -0.05) is 13.0 Å². The van der Waals surface area contributed by atoms with Gasteiger partial charge < -0.3 is 14.6 Å². The lowest BCUT2D eigenvalue weighted by Crippen LogP contribution is -2.25. The molecule has 1 saturated carbocycles. The Morgan fingerprint density at radius 2 is 2.07 bits per heavy atom. The van der Waals surface area contributed by atoms with Crippen molar-refractivity contribution >= 4 is 11.8 Å². The molecule has 1 fully saturated rings. The van der Waals surface area contributed by atoms with Crippen molar-refractivity contribution in [1.29, 1.82) is 0 Å². The molecule has 8 heteroatoms. The van der Waals surface area contributed by atoms with Crippen molar-refractivity contribution in [1.82, 2.24) is 0 Å². The summed E-state index contributed by atoms with van der Waals surface area (Å²) in [6, 6.07) is 4.53. The van der Waals surface area contributed by atoms with Gasteiger partial charge in [-0.05, 0) is 30.7 Å². The van der Waals surface area contributed by atoms with Gasteiger partial charge in [-0.2, -0.15) is 13.2 Å². The third-order valence-corrected chi connectivity index (χ3v) is 4.60. The minimum atomic E-state index is -4.46. The lowest BCUT2D eigenvalue weighted by molar-refractivity contribution is -0.139. The number of hydrogen-bond donors (Lipinski definition) is 1. The summed E-state index contributed by atoms with van der Waals surface area (Å²) in [5.41, 5.74) is -0.806. The second kappa shape index (κ2) is 9.23. The predicted octanol–water partition coefficient (Wildman–Crippen LogP) is 3.90. The monoisotopic (exact) mass is 400 g/mol. The van der Waals surface area contributed by atoms with Crippen LogP contribution in [0.4, 0.5) is 13.2 Å². The SMILES string of the molecule is CC[C@H]1C(=O)C[C@@H](O)[C@@H]1C(=CCCOc1cccc(C(F)(F)F)c1)OC(C)=O. The minimum absolute atomic E-state index is 0.00249. The summed E-state index contributed by atoms with van der Waals surface area (Å²) in [7, 11) is 0. The Balaban J connectivity index is 2.06. The number of Topliss-reactive ketones (excluding diaryl/α,β-unsaturated/α-hetero) is 1. The van der Waals surface area contributed by atoms with Crippen molar-refractivity contribution in [3.8, 4) is 5.75 Å². The molecule has 0 spiro atoms. The van der Waals surface area contributed by atoms with Gasteiger partial charge in [0, 0.05) is 25.7 Å². The Morgan fingerprint density at radius 1 is 1.36 bits per heavy atom. The fraction of sp³-hybridized carbons (Fsp3) is 0.500. The van der Waals surface area contributed by atoms with Crippen molar-refractivity contribution in [2.75, 3.05) is 6.61 Å². The molecule has 0 saturated heterocycles. The van der Waals surface area contributed by atoms with Crippen LogP contribution in [-0.4, -0.2) is 29.6 Å². The van der Waals surface area contributed by atoms with Crippen LogP contribution in [0.2, 0.25) is 0 Å². The zero-order chi connectivity index (χ0) is 20.9. The number of ketones is 1. The lowest BCUT2D eigenvalue weighted by Gasteiger charge is -2.22. The molecule has 0 aliphatic heterocycles. The van der Waals surface area contributed by atoms with Gasteiger partial charge in [-0.25, -0.2) is 0 Å². The summed E-state index contributed by atoms with van der Waals surface area (Å²) in [6.45, 7) is 3.08. The molecule has 1 N–H and O–H groups in total. The van der Waals surface area contributed by atoms with Crippen molar-refractivity contribution in [3.05, 3.63) is 41.7 Å². The molecule has 0 bridgehead atoms. The molecule has 1 aliphatic rings. The molecule has 1 aromatic rings. The topological polar surface area (TPSA) is 72.8 Å². The standard InChI is InChI=1S/C20H23F3O5/c1-3-15-16(25)11-17(26)19(15)18(28-12(2)24)8-5-9-27-14-7-4-6-13(10-14)20(21,22)23/h4,6-8,10,15,17,19,26H,3,5,9,11H2,1-2H3/t15-,17+,19+/m0/s1. The van der Waals surface area contributed by atoms with Gasteiger partial charge in [0.1, 0.15) is 17.3 Å². The van der Waals surface area contributed by atoms with Gasteiger partial charge in [-0.3, -0.25) is 9.59 Å². The molecular formula is C20H23F3O5. The number of aliphatic hydroxyl groups excluding tert-OH is 1. The van der Waals surface area contributed by atoms with Gasteiger partial charge in [0.15, 0.2) is 0 Å². The van der Waals surface area contributed by atoms with E-state index in [9.17, 15) is 27.9 Å². The van der Waals surface area contributed by atoms with Crippen LogP contribution in [0, 0.1) is 11.8 Å². The Bertz CT molecular complexity index is 742. The summed E-state index contributed by atoms with van der Waals surface area (Å²) >= 11 is 0. The highest BCUT2D eigenvalue weighted by Crippen LogP contribution is 2.37. The molecule has 1 aromatic carbocycles. The Morgan fingerprint density at radius 3 is 2.68 bits per heavy atom. The Kier molecular flexibility index (Phi) is 7.23. The zero-order valence-corrected chi connectivity index (χ0v) is 15.7. The number of ether oxygens (including phenoxy) is 2. The highest BCUT2D eigenvalue weighted by atomic mass is 19.4. The largest absolute Gasteiger partial charge is 0.493 e. The number of hydrogen-bond acceptors (Lipinski definition) is 5. The Hall–Kier alpha value is -2.35. The van der Waals surface area contributed by atoms with Crippen LogP contribution in [0.3, 0.4) is 0 Å². The molecule has 0 unspecified atom stereocenters. The fourth-order valence-electron chi connectivity index (χ4n) is 3.37. The first-order chi connectivity index (χ1) is 13.1. The van der Waals surface area contributed by atoms with E-state index in [-0.39, 0.29) is 36.7 Å². The zero-order valence-electron chi connectivity index (χ0n) is 15.7. The second-order valence-corrected chi connectivity index (χ2v) is 6.64. The summed E-state index contributed by atoms with van der Waals surface area (Å²) in [5.74, 6) is -1.45. The van der Waals surface area contributed by atoms with Crippen molar-refractivity contribution in [2.45, 2.75) is 45.4 Å². The molecular weight excluding hydrogens is 377 g/mol. The van der Waals surface area contributed by atoms with Crippen LogP contribution in [-0.2, 0) is 20.5 Å². The molecule has 3 atom stereocenters. The maximum Gasteiger partial charge on any atom is 0.416 e. The average Bonchev–Trinajstić information content (AvgIpc) is 2.90. The third kappa shape index (κ3) is 5.58. The molecule has 2 rings (SSSR count). The lowest BCUT2D eigenvalue weighted by atomic mass is 9.89. The van der Waals surface area contributed by atoms with Gasteiger partial charge >= 0.3 is 12.1 Å². The quantitative estimate of drug-likeness (QED) is 0.427. The molecule has 28 heavy (non-hydrogen) atoms. The van der Waals surface area contributed by atoms with Crippen LogP contribution < -0.4 is 4.74 Å². The van der Waals surface area contributed by atoms with Crippen LogP contribution >= 0.6 is 0 Å². The number of alkyl halides is 3. The molecule has 0 radical (unpaired) electrons.